The van der Waals surface area contributed by atoms with Gasteiger partial charge in [-0.1, -0.05) is 35.4 Å². The molecule has 1 N–H and O–H groups in total. The maximum Gasteiger partial charge on any atom is 0.219 e. The molecule has 3 aromatic rings. The standard InChI is InChI=1S/C21H19BrN2O4S2/c1-15-3-8-18(9-4-15)29(25,26)21(14-24-20-12-7-17(22)13-23-20)30(27,28)19-10-5-16(2)6-11-19/h3-14H,1-2H3,(H,23,24). The summed E-state index contributed by atoms with van der Waals surface area (Å²) in [4.78, 5) is 3.87. The Bertz CT molecular complexity index is 1210. The maximum atomic E-state index is 13.3. The normalized spacial score (nSPS) is 11.7. The van der Waals surface area contributed by atoms with Gasteiger partial charge in [-0.15, -0.1) is 0 Å². The van der Waals surface area contributed by atoms with Crippen LogP contribution in [0.3, 0.4) is 0 Å². The second kappa shape index (κ2) is 8.71. The van der Waals surface area contributed by atoms with E-state index >= 15 is 0 Å². The summed E-state index contributed by atoms with van der Waals surface area (Å²) in [6, 6.07) is 15.3. The lowest BCUT2D eigenvalue weighted by Gasteiger charge is -2.12. The highest BCUT2D eigenvalue weighted by molar-refractivity contribution is 9.10. The summed E-state index contributed by atoms with van der Waals surface area (Å²) < 4.78 is 53.1. The molecule has 0 aliphatic heterocycles. The van der Waals surface area contributed by atoms with E-state index in [2.05, 4.69) is 26.2 Å². The van der Waals surface area contributed by atoms with Gasteiger partial charge < -0.3 is 5.32 Å². The van der Waals surface area contributed by atoms with Gasteiger partial charge in [-0.25, -0.2) is 21.8 Å². The smallest absolute Gasteiger partial charge is 0.219 e. The molecule has 3 rings (SSSR count). The molecule has 30 heavy (non-hydrogen) atoms. The first-order valence-corrected chi connectivity index (χ1v) is 12.6. The summed E-state index contributed by atoms with van der Waals surface area (Å²) in [6.07, 6.45) is 2.49. The number of halogens is 1. The number of aromatic nitrogens is 1. The van der Waals surface area contributed by atoms with Crippen molar-refractivity contribution in [3.8, 4) is 0 Å². The van der Waals surface area contributed by atoms with Crippen LogP contribution in [0.15, 0.2) is 91.6 Å². The lowest BCUT2D eigenvalue weighted by atomic mass is 10.2. The van der Waals surface area contributed by atoms with Crippen LogP contribution < -0.4 is 5.32 Å². The van der Waals surface area contributed by atoms with Crippen molar-refractivity contribution in [2.24, 2.45) is 0 Å². The van der Waals surface area contributed by atoms with Crippen LogP contribution in [0, 0.1) is 13.8 Å². The molecule has 0 saturated carbocycles. The highest BCUT2D eigenvalue weighted by atomic mass is 79.9. The predicted octanol–water partition coefficient (Wildman–Crippen LogP) is 4.62. The molecule has 1 aromatic heterocycles. The van der Waals surface area contributed by atoms with Crippen molar-refractivity contribution in [3.05, 3.63) is 92.9 Å². The molecule has 9 heteroatoms. The molecule has 0 aliphatic carbocycles. The van der Waals surface area contributed by atoms with Crippen molar-refractivity contribution in [3.63, 3.8) is 0 Å². The van der Waals surface area contributed by atoms with E-state index in [1.807, 2.05) is 13.8 Å². The number of sulfone groups is 2. The molecule has 0 bridgehead atoms. The number of pyridine rings is 1. The van der Waals surface area contributed by atoms with E-state index in [0.29, 0.717) is 5.82 Å². The van der Waals surface area contributed by atoms with Gasteiger partial charge in [-0.2, -0.15) is 0 Å². The van der Waals surface area contributed by atoms with Crippen LogP contribution in [0.25, 0.3) is 0 Å². The van der Waals surface area contributed by atoms with E-state index in [1.54, 1.807) is 36.4 Å². The summed E-state index contributed by atoms with van der Waals surface area (Å²) in [5, 5.41) is 2.69. The maximum absolute atomic E-state index is 13.3. The summed E-state index contributed by atoms with van der Waals surface area (Å²) in [5.74, 6) is 0.300. The fourth-order valence-corrected chi connectivity index (χ4v) is 6.41. The second-order valence-corrected chi connectivity index (χ2v) is 11.6. The minimum atomic E-state index is -4.34. The summed E-state index contributed by atoms with van der Waals surface area (Å²) in [6.45, 7) is 3.63. The number of rotatable bonds is 6. The number of nitrogens with one attached hydrogen (secondary N) is 1. The highest BCUT2D eigenvalue weighted by Gasteiger charge is 2.33. The van der Waals surface area contributed by atoms with E-state index in [9.17, 15) is 16.8 Å². The molecule has 1 heterocycles. The Kier molecular flexibility index (Phi) is 6.44. The van der Waals surface area contributed by atoms with E-state index in [0.717, 1.165) is 21.8 Å². The molecule has 0 amide bonds. The zero-order valence-corrected chi connectivity index (χ0v) is 19.4. The van der Waals surface area contributed by atoms with Crippen molar-refractivity contribution in [1.82, 2.24) is 4.98 Å². The van der Waals surface area contributed by atoms with Crippen LogP contribution in [0.5, 0.6) is 0 Å². The Morgan fingerprint density at radius 1 is 0.800 bits per heavy atom. The summed E-state index contributed by atoms with van der Waals surface area (Å²) in [5.41, 5.74) is 1.72. The molecule has 0 radical (unpaired) electrons. The van der Waals surface area contributed by atoms with E-state index in [1.165, 1.54) is 30.5 Å². The topological polar surface area (TPSA) is 93.2 Å². The van der Waals surface area contributed by atoms with Gasteiger partial charge in [0.25, 0.3) is 0 Å². The van der Waals surface area contributed by atoms with E-state index in [-0.39, 0.29) is 9.79 Å². The molecule has 156 valence electrons. The Morgan fingerprint density at radius 2 is 1.27 bits per heavy atom. The number of benzene rings is 2. The van der Waals surface area contributed by atoms with Crippen LogP contribution >= 0.6 is 15.9 Å². The molecule has 0 fully saturated rings. The molecule has 2 aromatic carbocycles. The van der Waals surface area contributed by atoms with Crippen LogP contribution in [-0.4, -0.2) is 21.8 Å². The van der Waals surface area contributed by atoms with Gasteiger partial charge in [0.05, 0.1) is 9.79 Å². The van der Waals surface area contributed by atoms with E-state index in [4.69, 9.17) is 0 Å². The second-order valence-electron chi connectivity index (χ2n) is 6.60. The molecular formula is C21H19BrN2O4S2. The van der Waals surface area contributed by atoms with Gasteiger partial charge >= 0.3 is 0 Å². The summed E-state index contributed by atoms with van der Waals surface area (Å²) in [7, 11) is -8.68. The predicted molar refractivity (Wildman–Crippen MR) is 120 cm³/mol. The summed E-state index contributed by atoms with van der Waals surface area (Å²) >= 11 is 3.26. The zero-order chi connectivity index (χ0) is 21.9. The van der Waals surface area contributed by atoms with Gasteiger partial charge in [-0.3, -0.25) is 0 Å². The van der Waals surface area contributed by atoms with Crippen molar-refractivity contribution in [2.75, 3.05) is 5.32 Å². The monoisotopic (exact) mass is 506 g/mol. The van der Waals surface area contributed by atoms with Crippen LogP contribution in [-0.2, 0) is 19.7 Å². The lowest BCUT2D eigenvalue weighted by molar-refractivity contribution is 0.595. The third kappa shape index (κ3) is 4.80. The average molecular weight is 507 g/mol. The van der Waals surface area contributed by atoms with Gasteiger partial charge in [0, 0.05) is 16.9 Å². The molecule has 0 aliphatic rings. The largest absolute Gasteiger partial charge is 0.345 e. The third-order valence-corrected chi connectivity index (χ3v) is 9.12. The average Bonchev–Trinajstić information content (AvgIpc) is 2.70. The Labute approximate surface area is 184 Å². The number of nitrogens with zero attached hydrogens (tertiary/aromatic N) is 1. The van der Waals surface area contributed by atoms with Gasteiger partial charge in [-0.05, 0) is 66.2 Å². The van der Waals surface area contributed by atoms with Gasteiger partial charge in [0.2, 0.25) is 19.7 Å². The molecule has 0 atom stereocenters. The van der Waals surface area contributed by atoms with E-state index < -0.39 is 23.9 Å². The lowest BCUT2D eigenvalue weighted by Crippen LogP contribution is -2.17. The molecule has 0 spiro atoms. The third-order valence-electron chi connectivity index (χ3n) is 4.26. The van der Waals surface area contributed by atoms with Crippen LogP contribution in [0.1, 0.15) is 11.1 Å². The number of hydrogen-bond acceptors (Lipinski definition) is 6. The fourth-order valence-electron chi connectivity index (χ4n) is 2.56. The number of anilines is 1. The minimum absolute atomic E-state index is 0.111. The quantitative estimate of drug-likeness (QED) is 0.524. The van der Waals surface area contributed by atoms with Crippen molar-refractivity contribution < 1.29 is 16.8 Å². The Balaban J connectivity index is 2.15. The number of hydrogen-bond donors (Lipinski definition) is 1. The SMILES string of the molecule is Cc1ccc(S(=O)(=O)C(=CNc2ccc(Br)cn2)S(=O)(=O)c2ccc(C)cc2)cc1. The van der Waals surface area contributed by atoms with Crippen LogP contribution in [0.4, 0.5) is 5.82 Å². The highest BCUT2D eigenvalue weighted by Crippen LogP contribution is 2.29. The fraction of sp³-hybridized carbons (Fsp3) is 0.0952. The molecular weight excluding hydrogens is 488 g/mol. The first-order chi connectivity index (χ1) is 14.1. The van der Waals surface area contributed by atoms with Gasteiger partial charge in [0.15, 0.2) is 4.24 Å². The molecule has 6 nitrogen and oxygen atoms in total. The van der Waals surface area contributed by atoms with Gasteiger partial charge in [0.1, 0.15) is 5.82 Å². The molecule has 0 unspecified atom stereocenters. The first kappa shape index (κ1) is 22.2. The molecule has 0 saturated heterocycles. The first-order valence-electron chi connectivity index (χ1n) is 8.82. The number of aryl methyl sites for hydroxylation is 2. The van der Waals surface area contributed by atoms with Crippen molar-refractivity contribution in [1.29, 1.82) is 0 Å². The Morgan fingerprint density at radius 3 is 1.67 bits per heavy atom. The van der Waals surface area contributed by atoms with Crippen molar-refractivity contribution >= 4 is 41.4 Å². The zero-order valence-electron chi connectivity index (χ0n) is 16.2. The Hall–Kier alpha value is -2.49. The van der Waals surface area contributed by atoms with Crippen LogP contribution in [0.2, 0.25) is 0 Å². The van der Waals surface area contributed by atoms with Crippen molar-refractivity contribution in [2.45, 2.75) is 23.6 Å². The minimum Gasteiger partial charge on any atom is -0.345 e.